The van der Waals surface area contributed by atoms with E-state index in [1.54, 1.807) is 0 Å². The zero-order valence-electron chi connectivity index (χ0n) is 5.19. The summed E-state index contributed by atoms with van der Waals surface area (Å²) >= 11 is 2.46. The minimum atomic E-state index is -2.04. The molecular formula is C3H5BrO2. The van der Waals surface area contributed by atoms with Crippen molar-refractivity contribution in [3.8, 4) is 0 Å². The number of alkyl halides is 1. The van der Waals surface area contributed by atoms with E-state index in [2.05, 4.69) is 20.7 Å². The molecule has 0 radical (unpaired) electrons. The van der Waals surface area contributed by atoms with Crippen molar-refractivity contribution < 1.29 is 12.3 Å². The topological polar surface area (TPSA) is 26.3 Å². The number of ether oxygens (including phenoxy) is 1. The Morgan fingerprint density at radius 1 is 2.33 bits per heavy atom. The second kappa shape index (κ2) is 3.15. The number of methoxy groups -OCH3 is 1. The fraction of sp³-hybridized carbons (Fsp3) is 0.667. The number of hydrogen-bond donors (Lipinski definition) is 0. The quantitative estimate of drug-likeness (QED) is 0.410. The van der Waals surface area contributed by atoms with E-state index in [0.717, 1.165) is 7.11 Å². The Hall–Kier alpha value is -0.0500. The van der Waals surface area contributed by atoms with Crippen LogP contribution in [0.3, 0.4) is 0 Å². The van der Waals surface area contributed by atoms with Gasteiger partial charge in [0.2, 0.25) is 0 Å². The molecule has 6 heavy (non-hydrogen) atoms. The highest BCUT2D eigenvalue weighted by molar-refractivity contribution is 9.09. The summed E-state index contributed by atoms with van der Waals surface area (Å²) in [5.74, 6) is -0.919. The molecule has 0 saturated carbocycles. The molecule has 0 aliphatic heterocycles. The first-order valence-electron chi connectivity index (χ1n) is 2.26. The van der Waals surface area contributed by atoms with Gasteiger partial charge in [-0.1, -0.05) is 15.9 Å². The molecule has 0 rings (SSSR count). The summed E-state index contributed by atoms with van der Waals surface area (Å²) in [6.07, 6.45) is 0. The van der Waals surface area contributed by atoms with E-state index in [4.69, 9.17) is 2.74 Å². The molecule has 0 bridgehead atoms. The summed E-state index contributed by atoms with van der Waals surface area (Å²) in [7, 11) is 1.13. The molecule has 0 heterocycles. The maximum atomic E-state index is 10.2. The third-order valence-electron chi connectivity index (χ3n) is 0.263. The Balaban J connectivity index is 3.82. The average Bonchev–Trinajstić information content (AvgIpc) is 1.62. The number of rotatable bonds is 1. The van der Waals surface area contributed by atoms with Crippen molar-refractivity contribution in [3.05, 3.63) is 0 Å². The van der Waals surface area contributed by atoms with Crippen LogP contribution in [0.5, 0.6) is 0 Å². The van der Waals surface area contributed by atoms with Crippen molar-refractivity contribution in [2.75, 3.05) is 12.4 Å². The third kappa shape index (κ3) is 2.20. The van der Waals surface area contributed by atoms with Crippen LogP contribution in [0.4, 0.5) is 0 Å². The molecule has 0 aromatic carbocycles. The first-order chi connectivity index (χ1) is 3.48. The molecule has 0 saturated heterocycles. The molecule has 0 amide bonds. The maximum absolute atomic E-state index is 10.2. The molecule has 3 heteroatoms. The van der Waals surface area contributed by atoms with E-state index in [-0.39, 0.29) is 0 Å². The lowest BCUT2D eigenvalue weighted by molar-refractivity contribution is -0.137. The zero-order valence-corrected chi connectivity index (χ0v) is 4.78. The van der Waals surface area contributed by atoms with Crippen molar-refractivity contribution in [1.29, 1.82) is 0 Å². The summed E-state index contributed by atoms with van der Waals surface area (Å²) in [5.41, 5.74) is 0. The van der Waals surface area contributed by atoms with Crippen LogP contribution in [0.15, 0.2) is 0 Å². The molecular weight excluding hydrogens is 148 g/mol. The SMILES string of the molecule is [3H]C([3H])(Br)C(=O)OC. The highest BCUT2D eigenvalue weighted by Gasteiger charge is 1.89. The summed E-state index contributed by atoms with van der Waals surface area (Å²) in [6.45, 7) is 0. The van der Waals surface area contributed by atoms with E-state index in [1.165, 1.54) is 0 Å². The van der Waals surface area contributed by atoms with Crippen LogP contribution in [0.25, 0.3) is 0 Å². The van der Waals surface area contributed by atoms with Gasteiger partial charge in [0.15, 0.2) is 0 Å². The average molecular weight is 157 g/mol. The van der Waals surface area contributed by atoms with Gasteiger partial charge in [-0.15, -0.1) is 0 Å². The molecule has 0 unspecified atom stereocenters. The molecule has 0 aliphatic carbocycles. The predicted octanol–water partition coefficient (Wildman–Crippen LogP) is 0.554. The minimum Gasteiger partial charge on any atom is -0.468 e. The van der Waals surface area contributed by atoms with E-state index in [9.17, 15) is 4.79 Å². The van der Waals surface area contributed by atoms with Gasteiger partial charge in [-0.3, -0.25) is 4.79 Å². The normalized spacial score (nSPS) is 15.0. The Kier molecular flexibility index (Phi) is 1.59. The molecule has 0 fully saturated rings. The van der Waals surface area contributed by atoms with Crippen molar-refractivity contribution in [3.63, 3.8) is 0 Å². The Bertz CT molecular complexity index is 97.9. The van der Waals surface area contributed by atoms with Gasteiger partial charge >= 0.3 is 5.97 Å². The molecule has 0 aromatic rings. The highest BCUT2D eigenvalue weighted by atomic mass is 79.9. The van der Waals surface area contributed by atoms with E-state index >= 15 is 0 Å². The van der Waals surface area contributed by atoms with Gasteiger partial charge in [-0.25, -0.2) is 0 Å². The van der Waals surface area contributed by atoms with Crippen molar-refractivity contribution in [2.45, 2.75) is 0 Å². The van der Waals surface area contributed by atoms with E-state index < -0.39 is 11.3 Å². The largest absolute Gasteiger partial charge is 0.468 e. The zero-order chi connectivity index (χ0) is 6.78. The lowest BCUT2D eigenvalue weighted by Crippen LogP contribution is -1.99. The van der Waals surface area contributed by atoms with Crippen molar-refractivity contribution in [1.82, 2.24) is 0 Å². The fourth-order valence-electron chi connectivity index (χ4n) is 0.0386. The standard InChI is InChI=1S/C3H5BrO2/c1-6-3(5)2-4/h2H2,1H3/i2T2. The molecule has 0 aromatic heterocycles. The Labute approximate surface area is 47.4 Å². The van der Waals surface area contributed by atoms with Gasteiger partial charge < -0.3 is 4.74 Å². The van der Waals surface area contributed by atoms with Gasteiger partial charge in [0, 0.05) is 0 Å². The maximum Gasteiger partial charge on any atom is 0.316 e. The van der Waals surface area contributed by atoms with Crippen molar-refractivity contribution in [2.24, 2.45) is 0 Å². The van der Waals surface area contributed by atoms with Crippen molar-refractivity contribution >= 4 is 21.9 Å². The molecule has 2 nitrogen and oxygen atoms in total. The summed E-state index contributed by atoms with van der Waals surface area (Å²) < 4.78 is 17.3. The summed E-state index contributed by atoms with van der Waals surface area (Å²) in [4.78, 5) is 10.2. The molecule has 0 atom stereocenters. The van der Waals surface area contributed by atoms with Crippen LogP contribution in [-0.2, 0) is 9.53 Å². The predicted molar refractivity (Wildman–Crippen MR) is 25.8 cm³/mol. The van der Waals surface area contributed by atoms with Gasteiger partial charge in [0.05, 0.1) is 9.85 Å². The van der Waals surface area contributed by atoms with Crippen LogP contribution in [0.1, 0.15) is 2.74 Å². The number of hydrogen-bond acceptors (Lipinski definition) is 2. The number of carbonyl (C=O) groups excluding carboxylic acids is 1. The minimum absolute atomic E-state index is 0.919. The second-order valence-electron chi connectivity index (χ2n) is 0.586. The third-order valence-corrected chi connectivity index (χ3v) is 0.586. The summed E-state index contributed by atoms with van der Waals surface area (Å²) in [5, 5.41) is -2.04. The first-order valence-corrected chi connectivity index (χ1v) is 2.05. The molecule has 36 valence electrons. The van der Waals surface area contributed by atoms with Crippen LogP contribution in [0, 0.1) is 0 Å². The second-order valence-corrected chi connectivity index (χ2v) is 0.983. The van der Waals surface area contributed by atoms with Gasteiger partial charge in [0.25, 0.3) is 0 Å². The van der Waals surface area contributed by atoms with Gasteiger partial charge in [0.1, 0.15) is 5.28 Å². The smallest absolute Gasteiger partial charge is 0.316 e. The highest BCUT2D eigenvalue weighted by Crippen LogP contribution is 1.79. The lowest BCUT2D eigenvalue weighted by atomic mass is 10.8. The Morgan fingerprint density at radius 2 is 2.83 bits per heavy atom. The number of halogens is 1. The van der Waals surface area contributed by atoms with E-state index in [0.29, 0.717) is 0 Å². The number of esters is 1. The Morgan fingerprint density at radius 3 is 2.83 bits per heavy atom. The van der Waals surface area contributed by atoms with E-state index in [1.807, 2.05) is 0 Å². The van der Waals surface area contributed by atoms with Crippen LogP contribution >= 0.6 is 15.9 Å². The fourth-order valence-corrected chi connectivity index (χ4v) is 0.200. The van der Waals surface area contributed by atoms with Gasteiger partial charge in [-0.05, 0) is 0 Å². The lowest BCUT2D eigenvalue weighted by Gasteiger charge is -1.86. The van der Waals surface area contributed by atoms with Crippen LogP contribution in [-0.4, -0.2) is 18.4 Å². The molecule has 0 aliphatic rings. The van der Waals surface area contributed by atoms with Crippen LogP contribution < -0.4 is 0 Å². The molecule has 0 spiro atoms. The van der Waals surface area contributed by atoms with Crippen LogP contribution in [0.2, 0.25) is 0 Å². The van der Waals surface area contributed by atoms with Gasteiger partial charge in [-0.2, -0.15) is 0 Å². The molecule has 0 N–H and O–H groups in total. The summed E-state index contributed by atoms with van der Waals surface area (Å²) in [6, 6.07) is 0. The number of carbonyl (C=O) groups is 1. The monoisotopic (exact) mass is 156 g/mol. The first kappa shape index (κ1) is 3.02.